The van der Waals surface area contributed by atoms with Gasteiger partial charge in [0.15, 0.2) is 0 Å². The largest absolute Gasteiger partial charge is 0.480 e. The third-order valence-electron chi connectivity index (χ3n) is 2.03. The van der Waals surface area contributed by atoms with Gasteiger partial charge in [-0.2, -0.15) is 11.8 Å². The molecule has 0 aromatic rings. The molecule has 1 N–H and O–H groups in total. The minimum Gasteiger partial charge on any atom is -0.480 e. The second-order valence-corrected chi connectivity index (χ2v) is 5.71. The number of thioether (sulfide) groups is 1. The number of amides is 1. The van der Waals surface area contributed by atoms with Crippen LogP contribution in [0.2, 0.25) is 0 Å². The Morgan fingerprint density at radius 1 is 1.41 bits per heavy atom. The molecule has 100 valence electrons. The first-order valence-corrected chi connectivity index (χ1v) is 6.76. The molecular formula is C11H21NO4S. The first-order valence-electron chi connectivity index (χ1n) is 5.36. The number of nitrogens with zero attached hydrogens (tertiary/aromatic N) is 1. The Balaban J connectivity index is 4.55. The number of aliphatic carboxylic acids is 1. The number of rotatable bonds is 5. The van der Waals surface area contributed by atoms with E-state index in [2.05, 4.69) is 0 Å². The zero-order valence-corrected chi connectivity index (χ0v) is 11.8. The first kappa shape index (κ1) is 16.1. The van der Waals surface area contributed by atoms with Crippen LogP contribution in [0.3, 0.4) is 0 Å². The average molecular weight is 263 g/mol. The molecule has 0 aromatic heterocycles. The smallest absolute Gasteiger partial charge is 0.410 e. The van der Waals surface area contributed by atoms with Gasteiger partial charge in [0.2, 0.25) is 0 Å². The number of carboxylic acid groups (broad SMARTS) is 1. The van der Waals surface area contributed by atoms with E-state index in [-0.39, 0.29) is 0 Å². The Labute approximate surface area is 107 Å². The molecule has 0 radical (unpaired) electrons. The van der Waals surface area contributed by atoms with Crippen LogP contribution in [0, 0.1) is 0 Å². The van der Waals surface area contributed by atoms with Crippen LogP contribution in [0.4, 0.5) is 4.79 Å². The Hall–Kier alpha value is -0.910. The van der Waals surface area contributed by atoms with Gasteiger partial charge >= 0.3 is 12.1 Å². The number of carbonyl (C=O) groups is 2. The highest BCUT2D eigenvalue weighted by molar-refractivity contribution is 7.98. The van der Waals surface area contributed by atoms with Crippen LogP contribution in [-0.4, -0.2) is 52.8 Å². The normalized spacial score (nSPS) is 13.0. The molecule has 0 aliphatic heterocycles. The van der Waals surface area contributed by atoms with E-state index < -0.39 is 23.7 Å². The standard InChI is InChI=1S/C11H21NO4S/c1-11(2,3)16-10(15)12(4)8(9(13)14)6-7-17-5/h8H,6-7H2,1-5H3,(H,13,14)/t8-/m1/s1. The van der Waals surface area contributed by atoms with Crippen LogP contribution >= 0.6 is 11.8 Å². The molecule has 0 aliphatic rings. The highest BCUT2D eigenvalue weighted by Gasteiger charge is 2.29. The summed E-state index contributed by atoms with van der Waals surface area (Å²) >= 11 is 1.55. The van der Waals surface area contributed by atoms with Crippen molar-refractivity contribution in [3.8, 4) is 0 Å². The summed E-state index contributed by atoms with van der Waals surface area (Å²) < 4.78 is 5.13. The molecule has 17 heavy (non-hydrogen) atoms. The summed E-state index contributed by atoms with van der Waals surface area (Å²) in [5, 5.41) is 9.06. The van der Waals surface area contributed by atoms with Crippen molar-refractivity contribution >= 4 is 23.8 Å². The van der Waals surface area contributed by atoms with Crippen molar-refractivity contribution in [3.05, 3.63) is 0 Å². The van der Waals surface area contributed by atoms with Crippen molar-refractivity contribution in [2.45, 2.75) is 38.8 Å². The van der Waals surface area contributed by atoms with Gasteiger partial charge in [0.25, 0.3) is 0 Å². The van der Waals surface area contributed by atoms with Gasteiger partial charge in [-0.05, 0) is 39.2 Å². The van der Waals surface area contributed by atoms with Crippen LogP contribution in [0.15, 0.2) is 0 Å². The van der Waals surface area contributed by atoms with Gasteiger partial charge < -0.3 is 9.84 Å². The van der Waals surface area contributed by atoms with E-state index in [1.54, 1.807) is 32.5 Å². The molecule has 0 unspecified atom stereocenters. The van der Waals surface area contributed by atoms with Gasteiger partial charge in [0.05, 0.1) is 0 Å². The molecule has 0 saturated carbocycles. The highest BCUT2D eigenvalue weighted by Crippen LogP contribution is 2.13. The van der Waals surface area contributed by atoms with Crippen LogP contribution in [-0.2, 0) is 9.53 Å². The maximum absolute atomic E-state index is 11.7. The number of carboxylic acids is 1. The lowest BCUT2D eigenvalue weighted by Crippen LogP contribution is -2.45. The fourth-order valence-electron chi connectivity index (χ4n) is 1.17. The Kier molecular flexibility index (Phi) is 6.37. The predicted octanol–water partition coefficient (Wildman–Crippen LogP) is 2.06. The number of ether oxygens (including phenoxy) is 1. The van der Waals surface area contributed by atoms with Gasteiger partial charge in [-0.25, -0.2) is 9.59 Å². The van der Waals surface area contributed by atoms with E-state index in [4.69, 9.17) is 9.84 Å². The molecule has 1 atom stereocenters. The summed E-state index contributed by atoms with van der Waals surface area (Å²) in [4.78, 5) is 23.9. The minimum atomic E-state index is -1.01. The van der Waals surface area contributed by atoms with E-state index in [1.807, 2.05) is 6.26 Å². The maximum atomic E-state index is 11.7. The van der Waals surface area contributed by atoms with Crippen molar-refractivity contribution in [2.75, 3.05) is 19.1 Å². The molecule has 0 aliphatic carbocycles. The predicted molar refractivity (Wildman–Crippen MR) is 68.4 cm³/mol. The van der Waals surface area contributed by atoms with Crippen LogP contribution < -0.4 is 0 Å². The molecule has 6 heteroatoms. The Bertz CT molecular complexity index is 275. The lowest BCUT2D eigenvalue weighted by molar-refractivity contribution is -0.142. The number of carbonyl (C=O) groups excluding carboxylic acids is 1. The second-order valence-electron chi connectivity index (χ2n) is 4.73. The van der Waals surface area contributed by atoms with Gasteiger partial charge in [-0.3, -0.25) is 4.90 Å². The van der Waals surface area contributed by atoms with E-state index in [0.717, 1.165) is 4.90 Å². The van der Waals surface area contributed by atoms with Gasteiger partial charge in [0, 0.05) is 7.05 Å². The quantitative estimate of drug-likeness (QED) is 0.822. The van der Waals surface area contributed by atoms with E-state index >= 15 is 0 Å². The molecule has 0 rings (SSSR count). The lowest BCUT2D eigenvalue weighted by atomic mass is 10.2. The van der Waals surface area contributed by atoms with E-state index in [9.17, 15) is 9.59 Å². The fraction of sp³-hybridized carbons (Fsp3) is 0.818. The molecule has 0 aromatic carbocycles. The summed E-state index contributed by atoms with van der Waals surface area (Å²) in [6, 6.07) is -0.836. The van der Waals surface area contributed by atoms with Crippen LogP contribution in [0.5, 0.6) is 0 Å². The summed E-state index contributed by atoms with van der Waals surface area (Å²) in [6.07, 6.45) is 1.70. The minimum absolute atomic E-state index is 0.409. The number of likely N-dealkylation sites (N-methyl/N-ethyl adjacent to an activating group) is 1. The van der Waals surface area contributed by atoms with Crippen LogP contribution in [0.1, 0.15) is 27.2 Å². The van der Waals surface area contributed by atoms with Gasteiger partial charge in [-0.15, -0.1) is 0 Å². The zero-order valence-electron chi connectivity index (χ0n) is 11.0. The topological polar surface area (TPSA) is 66.8 Å². The number of hydrogen-bond donors (Lipinski definition) is 1. The van der Waals surface area contributed by atoms with Crippen molar-refractivity contribution in [1.82, 2.24) is 4.90 Å². The molecule has 0 heterocycles. The van der Waals surface area contributed by atoms with Crippen molar-refractivity contribution in [2.24, 2.45) is 0 Å². The van der Waals surface area contributed by atoms with Gasteiger partial charge in [0.1, 0.15) is 11.6 Å². The van der Waals surface area contributed by atoms with Crippen molar-refractivity contribution < 1.29 is 19.4 Å². The molecule has 0 spiro atoms. The number of hydrogen-bond acceptors (Lipinski definition) is 4. The zero-order chi connectivity index (χ0) is 13.6. The van der Waals surface area contributed by atoms with E-state index in [0.29, 0.717) is 12.2 Å². The van der Waals surface area contributed by atoms with E-state index in [1.165, 1.54) is 7.05 Å². The summed E-state index contributed by atoms with van der Waals surface area (Å²) in [5.41, 5.74) is -0.617. The average Bonchev–Trinajstić information content (AvgIpc) is 2.14. The van der Waals surface area contributed by atoms with Gasteiger partial charge in [-0.1, -0.05) is 0 Å². The molecule has 0 saturated heterocycles. The monoisotopic (exact) mass is 263 g/mol. The van der Waals surface area contributed by atoms with Crippen molar-refractivity contribution in [1.29, 1.82) is 0 Å². The molecule has 0 fully saturated rings. The highest BCUT2D eigenvalue weighted by atomic mass is 32.2. The Morgan fingerprint density at radius 2 is 1.94 bits per heavy atom. The second kappa shape index (κ2) is 6.74. The molecular weight excluding hydrogens is 242 g/mol. The summed E-state index contributed by atoms with van der Waals surface area (Å²) in [7, 11) is 1.45. The molecule has 0 bridgehead atoms. The lowest BCUT2D eigenvalue weighted by Gasteiger charge is -2.28. The molecule has 5 nitrogen and oxygen atoms in total. The Morgan fingerprint density at radius 3 is 2.29 bits per heavy atom. The third-order valence-corrected chi connectivity index (χ3v) is 2.67. The summed E-state index contributed by atoms with van der Waals surface area (Å²) in [6.45, 7) is 5.24. The summed E-state index contributed by atoms with van der Waals surface area (Å²) in [5.74, 6) is -0.322. The third kappa shape index (κ3) is 6.41. The first-order chi connectivity index (χ1) is 7.69. The molecule has 1 amide bonds. The SMILES string of the molecule is CSCC[C@H](C(=O)O)N(C)C(=O)OC(C)(C)C. The van der Waals surface area contributed by atoms with Crippen LogP contribution in [0.25, 0.3) is 0 Å². The maximum Gasteiger partial charge on any atom is 0.410 e. The fourth-order valence-corrected chi connectivity index (χ4v) is 1.63. The van der Waals surface area contributed by atoms with Crippen molar-refractivity contribution in [3.63, 3.8) is 0 Å².